The minimum atomic E-state index is -0.817. The molecular weight excluding hydrogens is 709 g/mol. The van der Waals surface area contributed by atoms with Crippen molar-refractivity contribution in [3.63, 3.8) is 0 Å². The van der Waals surface area contributed by atoms with Gasteiger partial charge in [-0.05, 0) is 116 Å². The summed E-state index contributed by atoms with van der Waals surface area (Å²) in [4.78, 5) is 37.7. The van der Waals surface area contributed by atoms with Gasteiger partial charge in [0.05, 0.1) is 0 Å². The van der Waals surface area contributed by atoms with E-state index in [0.29, 0.717) is 19.3 Å². The van der Waals surface area contributed by atoms with Crippen molar-refractivity contribution in [1.29, 1.82) is 0 Å². The second-order valence-electron chi connectivity index (χ2n) is 14.2. The topological polar surface area (TPSA) is 78.9 Å². The number of hydrogen-bond acceptors (Lipinski definition) is 6. The lowest BCUT2D eigenvalue weighted by molar-refractivity contribution is -0.167. The summed E-state index contributed by atoms with van der Waals surface area (Å²) in [6, 6.07) is 0. The molecule has 0 saturated heterocycles. The van der Waals surface area contributed by atoms with Gasteiger partial charge in [0.1, 0.15) is 13.2 Å². The van der Waals surface area contributed by atoms with Gasteiger partial charge in [-0.15, -0.1) is 0 Å². The summed E-state index contributed by atoms with van der Waals surface area (Å²) in [6.45, 7) is 6.18. The van der Waals surface area contributed by atoms with Gasteiger partial charge in [-0.1, -0.05) is 149 Å². The van der Waals surface area contributed by atoms with Crippen LogP contribution in [0.1, 0.15) is 175 Å². The van der Waals surface area contributed by atoms with E-state index in [1.54, 1.807) is 0 Å². The normalized spacial score (nSPS) is 12.6. The fraction of sp³-hybridized carbons (Fsp3) is 0.588. The molecule has 6 heteroatoms. The van der Waals surface area contributed by atoms with Gasteiger partial charge in [-0.2, -0.15) is 0 Å². The molecule has 0 aliphatic heterocycles. The summed E-state index contributed by atoms with van der Waals surface area (Å²) in [6.07, 6.45) is 59.3. The quantitative estimate of drug-likeness (QED) is 0.0268. The Bertz CT molecular complexity index is 1160. The maximum atomic E-state index is 12.7. The zero-order chi connectivity index (χ0) is 41.5. The predicted octanol–water partition coefficient (Wildman–Crippen LogP) is 14.4. The molecule has 6 nitrogen and oxygen atoms in total. The molecule has 0 fully saturated rings. The number of unbranched alkanes of at least 4 members (excludes halogenated alkanes) is 9. The van der Waals surface area contributed by atoms with Crippen LogP contribution in [0.25, 0.3) is 0 Å². The molecule has 0 spiro atoms. The van der Waals surface area contributed by atoms with Crippen LogP contribution in [0.15, 0.2) is 109 Å². The first-order valence-electron chi connectivity index (χ1n) is 22.4. The Balaban J connectivity index is 4.55. The van der Waals surface area contributed by atoms with Gasteiger partial charge in [-0.25, -0.2) is 0 Å². The van der Waals surface area contributed by atoms with E-state index in [1.165, 1.54) is 0 Å². The Morgan fingerprint density at radius 1 is 0.351 bits per heavy atom. The zero-order valence-electron chi connectivity index (χ0n) is 36.3. The molecule has 0 heterocycles. The average Bonchev–Trinajstić information content (AvgIpc) is 3.21. The number of rotatable bonds is 38. The molecule has 0 amide bonds. The summed E-state index contributed by atoms with van der Waals surface area (Å²) < 4.78 is 16.6. The van der Waals surface area contributed by atoms with Crippen LogP contribution in [-0.4, -0.2) is 37.2 Å². The molecule has 0 aromatic carbocycles. The van der Waals surface area contributed by atoms with Crippen molar-refractivity contribution < 1.29 is 28.6 Å². The molecule has 0 aromatic heterocycles. The zero-order valence-corrected chi connectivity index (χ0v) is 36.3. The van der Waals surface area contributed by atoms with E-state index in [2.05, 4.69) is 130 Å². The Morgan fingerprint density at radius 3 is 0.947 bits per heavy atom. The number of allylic oxidation sites excluding steroid dienone is 18. The Morgan fingerprint density at radius 2 is 0.632 bits per heavy atom. The van der Waals surface area contributed by atoms with E-state index in [9.17, 15) is 14.4 Å². The molecule has 0 saturated carbocycles. The van der Waals surface area contributed by atoms with Crippen molar-refractivity contribution in [3.8, 4) is 0 Å². The lowest BCUT2D eigenvalue weighted by Crippen LogP contribution is -2.30. The van der Waals surface area contributed by atoms with Crippen LogP contribution in [0.2, 0.25) is 0 Å². The standard InChI is InChI=1S/C51H80O6/c1-4-7-10-13-16-19-22-25-28-31-34-37-40-43-49(52)55-46-48(57-51(54)45-42-39-36-33-30-27-24-21-18-15-12-9-6-3)47-56-50(53)44-41-38-35-32-29-26-23-20-17-14-11-8-5-2/h7-12,16-21,25-30,48H,4-6,13-15,22-24,31-47H2,1-3H3/b10-7-,11-8-,12-9-,19-16-,20-17-,21-18-,28-25-,29-26-,30-27-. The fourth-order valence-corrected chi connectivity index (χ4v) is 5.48. The molecule has 320 valence electrons. The van der Waals surface area contributed by atoms with Crippen molar-refractivity contribution >= 4 is 17.9 Å². The molecule has 0 radical (unpaired) electrons. The summed E-state index contributed by atoms with van der Waals surface area (Å²) in [5.41, 5.74) is 0. The third-order valence-corrected chi connectivity index (χ3v) is 8.75. The molecule has 0 N–H and O–H groups in total. The summed E-state index contributed by atoms with van der Waals surface area (Å²) in [5, 5.41) is 0. The highest BCUT2D eigenvalue weighted by Crippen LogP contribution is 2.11. The van der Waals surface area contributed by atoms with Crippen LogP contribution >= 0.6 is 0 Å². The monoisotopic (exact) mass is 789 g/mol. The van der Waals surface area contributed by atoms with Crippen LogP contribution in [0.4, 0.5) is 0 Å². The van der Waals surface area contributed by atoms with Crippen molar-refractivity contribution in [1.82, 2.24) is 0 Å². The lowest BCUT2D eigenvalue weighted by Gasteiger charge is -2.18. The SMILES string of the molecule is CC/C=C\C/C=C\C/C=C\CCCCCC(=O)OCC(COC(=O)CCCCC/C=C\C/C=C\C/C=C\CC)OC(=O)CCCCC/C=C\C/C=C\C/C=C\CC. The molecule has 0 unspecified atom stereocenters. The second kappa shape index (κ2) is 44.8. The Hall–Kier alpha value is -3.93. The molecule has 0 atom stereocenters. The van der Waals surface area contributed by atoms with E-state index in [1.807, 2.05) is 0 Å². The first-order valence-corrected chi connectivity index (χ1v) is 22.4. The van der Waals surface area contributed by atoms with Gasteiger partial charge in [0, 0.05) is 19.3 Å². The second-order valence-corrected chi connectivity index (χ2v) is 14.2. The minimum Gasteiger partial charge on any atom is -0.462 e. The number of carbonyl (C=O) groups is 3. The highest BCUT2D eigenvalue weighted by Gasteiger charge is 2.19. The van der Waals surface area contributed by atoms with E-state index in [-0.39, 0.29) is 37.5 Å². The Labute approximate surface area is 349 Å². The maximum absolute atomic E-state index is 12.7. The van der Waals surface area contributed by atoms with Gasteiger partial charge in [0.2, 0.25) is 0 Å². The predicted molar refractivity (Wildman–Crippen MR) is 242 cm³/mol. The molecular formula is C51H80O6. The van der Waals surface area contributed by atoms with E-state index in [4.69, 9.17) is 14.2 Å². The van der Waals surface area contributed by atoms with Gasteiger partial charge in [-0.3, -0.25) is 14.4 Å². The van der Waals surface area contributed by atoms with Gasteiger partial charge >= 0.3 is 17.9 Å². The number of ether oxygens (including phenoxy) is 3. The number of esters is 3. The molecule has 0 rings (SSSR count). The smallest absolute Gasteiger partial charge is 0.306 e. The van der Waals surface area contributed by atoms with E-state index in [0.717, 1.165) is 128 Å². The Kier molecular flexibility index (Phi) is 41.7. The third-order valence-electron chi connectivity index (χ3n) is 8.75. The fourth-order valence-electron chi connectivity index (χ4n) is 5.48. The van der Waals surface area contributed by atoms with Crippen LogP contribution in [-0.2, 0) is 28.6 Å². The van der Waals surface area contributed by atoms with E-state index >= 15 is 0 Å². The van der Waals surface area contributed by atoms with Gasteiger partial charge in [0.15, 0.2) is 6.10 Å². The number of carbonyl (C=O) groups excluding carboxylic acids is 3. The molecule has 0 aliphatic rings. The summed E-state index contributed by atoms with van der Waals surface area (Å²) in [7, 11) is 0. The minimum absolute atomic E-state index is 0.118. The third kappa shape index (κ3) is 43.0. The molecule has 0 aromatic rings. The van der Waals surface area contributed by atoms with Crippen LogP contribution in [0.5, 0.6) is 0 Å². The molecule has 0 aliphatic carbocycles. The highest BCUT2D eigenvalue weighted by atomic mass is 16.6. The van der Waals surface area contributed by atoms with Crippen molar-refractivity contribution in [2.45, 2.75) is 181 Å². The highest BCUT2D eigenvalue weighted by molar-refractivity contribution is 5.71. The number of hydrogen-bond donors (Lipinski definition) is 0. The summed E-state index contributed by atoms with van der Waals surface area (Å²) in [5.74, 6) is -1.02. The van der Waals surface area contributed by atoms with E-state index < -0.39 is 6.10 Å². The van der Waals surface area contributed by atoms with Crippen LogP contribution in [0, 0.1) is 0 Å². The van der Waals surface area contributed by atoms with Crippen molar-refractivity contribution in [2.24, 2.45) is 0 Å². The van der Waals surface area contributed by atoms with Crippen molar-refractivity contribution in [2.75, 3.05) is 13.2 Å². The first kappa shape index (κ1) is 53.1. The largest absolute Gasteiger partial charge is 0.462 e. The average molecular weight is 789 g/mol. The van der Waals surface area contributed by atoms with Crippen LogP contribution in [0.3, 0.4) is 0 Å². The maximum Gasteiger partial charge on any atom is 0.306 e. The van der Waals surface area contributed by atoms with Gasteiger partial charge < -0.3 is 14.2 Å². The van der Waals surface area contributed by atoms with Gasteiger partial charge in [0.25, 0.3) is 0 Å². The first-order chi connectivity index (χ1) is 28.0. The molecule has 57 heavy (non-hydrogen) atoms. The molecule has 0 bridgehead atoms. The van der Waals surface area contributed by atoms with Crippen LogP contribution < -0.4 is 0 Å². The lowest BCUT2D eigenvalue weighted by atomic mass is 10.1. The summed E-state index contributed by atoms with van der Waals surface area (Å²) >= 11 is 0. The van der Waals surface area contributed by atoms with Crippen molar-refractivity contribution in [3.05, 3.63) is 109 Å².